The van der Waals surface area contributed by atoms with Crippen LogP contribution in [0.5, 0.6) is 5.75 Å². The van der Waals surface area contributed by atoms with Crippen LogP contribution in [0.4, 0.5) is 22.0 Å². The summed E-state index contributed by atoms with van der Waals surface area (Å²) < 4.78 is 68.6. The Balaban J connectivity index is 1.91. The van der Waals surface area contributed by atoms with E-state index in [0.717, 1.165) is 12.1 Å². The number of halogens is 6. The van der Waals surface area contributed by atoms with Crippen LogP contribution in [0.25, 0.3) is 11.3 Å². The average molecular weight is 459 g/mol. The highest BCUT2D eigenvalue weighted by Crippen LogP contribution is 2.37. The van der Waals surface area contributed by atoms with Gasteiger partial charge in [-0.05, 0) is 24.3 Å². The molecule has 2 unspecified atom stereocenters. The lowest BCUT2D eigenvalue weighted by atomic mass is 9.96. The van der Waals surface area contributed by atoms with Crippen LogP contribution in [-0.4, -0.2) is 16.6 Å². The van der Waals surface area contributed by atoms with Gasteiger partial charge in [0.1, 0.15) is 12.1 Å². The summed E-state index contributed by atoms with van der Waals surface area (Å²) in [5, 5.41) is -0.482. The smallest absolute Gasteiger partial charge is 0.417 e. The van der Waals surface area contributed by atoms with Crippen molar-refractivity contribution >= 4 is 11.6 Å². The lowest BCUT2D eigenvalue weighted by molar-refractivity contribution is -0.137. The summed E-state index contributed by atoms with van der Waals surface area (Å²) in [5.41, 5.74) is 12.5. The van der Waals surface area contributed by atoms with Crippen LogP contribution in [0.15, 0.2) is 54.9 Å². The molecule has 0 amide bonds. The third kappa shape index (κ3) is 5.27. The first-order chi connectivity index (χ1) is 14.6. The fourth-order valence-corrected chi connectivity index (χ4v) is 3.24. The van der Waals surface area contributed by atoms with Gasteiger partial charge in [0, 0.05) is 11.1 Å². The highest BCUT2D eigenvalue weighted by Gasteiger charge is 2.33. The summed E-state index contributed by atoms with van der Waals surface area (Å²) in [7, 11) is 0. The van der Waals surface area contributed by atoms with Gasteiger partial charge in [-0.3, -0.25) is 0 Å². The Morgan fingerprint density at radius 2 is 1.65 bits per heavy atom. The normalized spacial score (nSPS) is 13.8. The standard InChI is InChI=1S/C20H16ClF5N4O/c21-13-7-10(5-6-12(13)20(24,25)26)14-8-15(30-9-29-14)18(28)17(27)11-3-1-2-4-16(11)31-19(22)23/h1-9,17-19H,27-28H2. The number of hydrogen-bond donors (Lipinski definition) is 2. The number of ether oxygens (including phenoxy) is 1. The van der Waals surface area contributed by atoms with Crippen LogP contribution in [0, 0.1) is 0 Å². The molecule has 3 aromatic rings. The van der Waals surface area contributed by atoms with Crippen molar-refractivity contribution in [2.45, 2.75) is 24.9 Å². The zero-order valence-electron chi connectivity index (χ0n) is 15.7. The molecule has 0 bridgehead atoms. The van der Waals surface area contributed by atoms with Crippen molar-refractivity contribution in [1.82, 2.24) is 9.97 Å². The van der Waals surface area contributed by atoms with E-state index in [4.69, 9.17) is 23.1 Å². The Kier molecular flexibility index (Phi) is 6.73. The molecule has 4 N–H and O–H groups in total. The van der Waals surface area contributed by atoms with Crippen LogP contribution in [0.3, 0.4) is 0 Å². The summed E-state index contributed by atoms with van der Waals surface area (Å²) in [6, 6.07) is 8.67. The number of alkyl halides is 5. The highest BCUT2D eigenvalue weighted by molar-refractivity contribution is 6.31. The molecule has 0 saturated carbocycles. The summed E-state index contributed by atoms with van der Waals surface area (Å²) >= 11 is 5.77. The Morgan fingerprint density at radius 1 is 0.935 bits per heavy atom. The summed E-state index contributed by atoms with van der Waals surface area (Å²) in [4.78, 5) is 8.11. The minimum absolute atomic E-state index is 0.121. The molecule has 0 aliphatic rings. The largest absolute Gasteiger partial charge is 0.434 e. The SMILES string of the molecule is NC(c1cc(-c2ccc(C(F)(F)F)c(Cl)c2)ncn1)C(N)c1ccccc1OC(F)F. The molecule has 31 heavy (non-hydrogen) atoms. The maximum atomic E-state index is 12.9. The van der Waals surface area contributed by atoms with Crippen molar-refractivity contribution in [2.24, 2.45) is 11.5 Å². The number of nitrogens with zero attached hydrogens (tertiary/aromatic N) is 2. The van der Waals surface area contributed by atoms with Crippen molar-refractivity contribution in [2.75, 3.05) is 0 Å². The molecule has 11 heteroatoms. The number of para-hydroxylation sites is 1. The lowest BCUT2D eigenvalue weighted by Gasteiger charge is -2.22. The maximum Gasteiger partial charge on any atom is 0.417 e. The van der Waals surface area contributed by atoms with Gasteiger partial charge >= 0.3 is 12.8 Å². The van der Waals surface area contributed by atoms with Gasteiger partial charge in [0.05, 0.1) is 34.1 Å². The van der Waals surface area contributed by atoms with E-state index < -0.39 is 35.5 Å². The van der Waals surface area contributed by atoms with Crippen molar-refractivity contribution in [3.8, 4) is 17.0 Å². The van der Waals surface area contributed by atoms with E-state index in [0.29, 0.717) is 5.56 Å². The van der Waals surface area contributed by atoms with Gasteiger partial charge in [0.25, 0.3) is 0 Å². The quantitative estimate of drug-likeness (QED) is 0.501. The fourth-order valence-electron chi connectivity index (χ4n) is 2.95. The molecule has 0 aliphatic carbocycles. The Morgan fingerprint density at radius 3 is 2.29 bits per heavy atom. The molecule has 2 aromatic carbocycles. The monoisotopic (exact) mass is 458 g/mol. The number of nitrogens with two attached hydrogens (primary N) is 2. The van der Waals surface area contributed by atoms with Gasteiger partial charge in [-0.15, -0.1) is 0 Å². The van der Waals surface area contributed by atoms with Crippen LogP contribution >= 0.6 is 11.6 Å². The molecule has 164 valence electrons. The Hall–Kier alpha value is -2.82. The molecule has 0 radical (unpaired) electrons. The number of hydrogen-bond acceptors (Lipinski definition) is 5. The number of rotatable bonds is 6. The molecule has 0 aliphatic heterocycles. The highest BCUT2D eigenvalue weighted by atomic mass is 35.5. The van der Waals surface area contributed by atoms with E-state index in [1.807, 2.05) is 0 Å². The second-order valence-electron chi connectivity index (χ2n) is 6.49. The van der Waals surface area contributed by atoms with E-state index in [9.17, 15) is 22.0 Å². The second-order valence-corrected chi connectivity index (χ2v) is 6.90. The zero-order valence-corrected chi connectivity index (χ0v) is 16.4. The van der Waals surface area contributed by atoms with E-state index in [1.165, 1.54) is 36.7 Å². The molecule has 0 fully saturated rings. The topological polar surface area (TPSA) is 87.0 Å². The molecule has 5 nitrogen and oxygen atoms in total. The van der Waals surface area contributed by atoms with Crippen LogP contribution < -0.4 is 16.2 Å². The van der Waals surface area contributed by atoms with E-state index in [1.54, 1.807) is 6.07 Å². The van der Waals surface area contributed by atoms with Gasteiger partial charge in [-0.2, -0.15) is 22.0 Å². The van der Waals surface area contributed by atoms with E-state index in [-0.39, 0.29) is 22.7 Å². The number of aromatic nitrogens is 2. The first kappa shape index (κ1) is 22.9. The van der Waals surface area contributed by atoms with Crippen molar-refractivity contribution < 1.29 is 26.7 Å². The lowest BCUT2D eigenvalue weighted by Crippen LogP contribution is -2.28. The van der Waals surface area contributed by atoms with Crippen molar-refractivity contribution in [3.63, 3.8) is 0 Å². The van der Waals surface area contributed by atoms with Gasteiger partial charge < -0.3 is 16.2 Å². The predicted molar refractivity (Wildman–Crippen MR) is 104 cm³/mol. The summed E-state index contributed by atoms with van der Waals surface area (Å²) in [6.45, 7) is -3.04. The van der Waals surface area contributed by atoms with Crippen molar-refractivity contribution in [1.29, 1.82) is 0 Å². The Bertz CT molecular complexity index is 1060. The molecule has 2 atom stereocenters. The third-order valence-electron chi connectivity index (χ3n) is 4.48. The van der Waals surface area contributed by atoms with Crippen molar-refractivity contribution in [3.05, 3.63) is 76.7 Å². The van der Waals surface area contributed by atoms with Gasteiger partial charge in [-0.25, -0.2) is 9.97 Å². The number of benzene rings is 2. The maximum absolute atomic E-state index is 12.9. The van der Waals surface area contributed by atoms with E-state index >= 15 is 0 Å². The van der Waals surface area contributed by atoms with Gasteiger partial charge in [0.2, 0.25) is 0 Å². The van der Waals surface area contributed by atoms with Crippen LogP contribution in [-0.2, 0) is 6.18 Å². The van der Waals surface area contributed by atoms with Gasteiger partial charge in [0.15, 0.2) is 0 Å². The first-order valence-corrected chi connectivity index (χ1v) is 9.19. The Labute approximate surface area is 178 Å². The molecule has 1 aromatic heterocycles. The van der Waals surface area contributed by atoms with Gasteiger partial charge in [-0.1, -0.05) is 35.9 Å². The fraction of sp³-hybridized carbons (Fsp3) is 0.200. The second kappa shape index (κ2) is 9.13. The minimum atomic E-state index is -4.59. The molecular formula is C20H16ClF5N4O. The first-order valence-electron chi connectivity index (χ1n) is 8.82. The average Bonchev–Trinajstić information content (AvgIpc) is 2.72. The summed E-state index contributed by atoms with van der Waals surface area (Å²) in [5.74, 6) is -0.121. The van der Waals surface area contributed by atoms with E-state index in [2.05, 4.69) is 14.7 Å². The summed E-state index contributed by atoms with van der Waals surface area (Å²) in [6.07, 6.45) is -3.42. The third-order valence-corrected chi connectivity index (χ3v) is 4.79. The molecule has 1 heterocycles. The van der Waals surface area contributed by atoms with Crippen LogP contribution in [0.2, 0.25) is 5.02 Å². The van der Waals surface area contributed by atoms with Crippen LogP contribution in [0.1, 0.15) is 28.9 Å². The molecule has 0 spiro atoms. The predicted octanol–water partition coefficient (Wildman–Crippen LogP) is 5.12. The zero-order chi connectivity index (χ0) is 22.8. The molecular weight excluding hydrogens is 443 g/mol. The molecule has 3 rings (SSSR count). The minimum Gasteiger partial charge on any atom is -0.434 e. The molecule has 0 saturated heterocycles.